The van der Waals surface area contributed by atoms with Crippen molar-refractivity contribution in [2.75, 3.05) is 5.32 Å². The minimum Gasteiger partial charge on any atom is -0.322 e. The fourth-order valence-electron chi connectivity index (χ4n) is 1.61. The molecule has 0 heterocycles. The zero-order chi connectivity index (χ0) is 15.6. The van der Waals surface area contributed by atoms with Gasteiger partial charge in [-0.3, -0.25) is 4.79 Å². The van der Waals surface area contributed by atoms with Gasteiger partial charge < -0.3 is 5.32 Å². The SMILES string of the molecule is O=C(Nc1ccc(F)c(Br)c1)c1cccc(C(F)(F)F)c1. The van der Waals surface area contributed by atoms with Gasteiger partial charge in [0, 0.05) is 11.3 Å². The molecule has 0 fully saturated rings. The van der Waals surface area contributed by atoms with E-state index in [9.17, 15) is 22.4 Å². The number of hydrogen-bond acceptors (Lipinski definition) is 1. The number of benzene rings is 2. The highest BCUT2D eigenvalue weighted by Gasteiger charge is 2.30. The Labute approximate surface area is 125 Å². The number of alkyl halides is 3. The van der Waals surface area contributed by atoms with Crippen molar-refractivity contribution in [2.45, 2.75) is 6.18 Å². The van der Waals surface area contributed by atoms with Gasteiger partial charge in [-0.2, -0.15) is 13.2 Å². The van der Waals surface area contributed by atoms with Crippen molar-refractivity contribution < 1.29 is 22.4 Å². The minimum atomic E-state index is -4.52. The molecule has 0 aromatic heterocycles. The fourth-order valence-corrected chi connectivity index (χ4v) is 1.99. The summed E-state index contributed by atoms with van der Waals surface area (Å²) in [6.45, 7) is 0. The third kappa shape index (κ3) is 3.81. The van der Waals surface area contributed by atoms with Crippen molar-refractivity contribution in [3.8, 4) is 0 Å². The Morgan fingerprint density at radius 2 is 1.81 bits per heavy atom. The van der Waals surface area contributed by atoms with Crippen molar-refractivity contribution >= 4 is 27.5 Å². The van der Waals surface area contributed by atoms with Crippen molar-refractivity contribution in [1.82, 2.24) is 0 Å². The van der Waals surface area contributed by atoms with Gasteiger partial charge in [0.25, 0.3) is 5.91 Å². The Bertz CT molecular complexity index is 685. The molecule has 7 heteroatoms. The summed E-state index contributed by atoms with van der Waals surface area (Å²) in [5.74, 6) is -1.22. The Morgan fingerprint density at radius 3 is 2.43 bits per heavy atom. The second-order valence-electron chi connectivity index (χ2n) is 4.16. The molecule has 0 spiro atoms. The average molecular weight is 362 g/mol. The molecule has 0 unspecified atom stereocenters. The maximum atomic E-state index is 13.1. The quantitative estimate of drug-likeness (QED) is 0.760. The summed E-state index contributed by atoms with van der Waals surface area (Å²) in [5, 5.41) is 2.40. The standard InChI is InChI=1S/C14H8BrF4NO/c15-11-7-10(4-5-12(11)16)20-13(21)8-2-1-3-9(6-8)14(17,18)19/h1-7H,(H,20,21). The lowest BCUT2D eigenvalue weighted by Gasteiger charge is -2.09. The van der Waals surface area contributed by atoms with E-state index >= 15 is 0 Å². The molecule has 2 aromatic rings. The highest BCUT2D eigenvalue weighted by atomic mass is 79.9. The minimum absolute atomic E-state index is 0.134. The molecule has 0 saturated heterocycles. The molecule has 21 heavy (non-hydrogen) atoms. The van der Waals surface area contributed by atoms with Crippen LogP contribution < -0.4 is 5.32 Å². The normalized spacial score (nSPS) is 11.3. The van der Waals surface area contributed by atoms with Crippen LogP contribution in [0.25, 0.3) is 0 Å². The van der Waals surface area contributed by atoms with Crippen LogP contribution in [-0.4, -0.2) is 5.91 Å². The number of rotatable bonds is 2. The third-order valence-corrected chi connectivity index (χ3v) is 3.24. The van der Waals surface area contributed by atoms with Gasteiger partial charge in [0.05, 0.1) is 10.0 Å². The molecule has 0 bridgehead atoms. The van der Waals surface area contributed by atoms with Crippen LogP contribution in [0.15, 0.2) is 46.9 Å². The van der Waals surface area contributed by atoms with Crippen LogP contribution >= 0.6 is 15.9 Å². The smallest absolute Gasteiger partial charge is 0.322 e. The average Bonchev–Trinajstić information content (AvgIpc) is 2.42. The maximum absolute atomic E-state index is 13.1. The summed E-state index contributed by atoms with van der Waals surface area (Å²) in [7, 11) is 0. The van der Waals surface area contributed by atoms with E-state index in [0.29, 0.717) is 0 Å². The molecule has 0 aliphatic heterocycles. The Hall–Kier alpha value is -1.89. The van der Waals surface area contributed by atoms with E-state index in [1.165, 1.54) is 18.2 Å². The first-order chi connectivity index (χ1) is 9.77. The second-order valence-corrected chi connectivity index (χ2v) is 5.02. The van der Waals surface area contributed by atoms with Gasteiger partial charge in [0.1, 0.15) is 5.82 Å². The molecular weight excluding hydrogens is 354 g/mol. The summed E-state index contributed by atoms with van der Waals surface area (Å²) < 4.78 is 50.9. The number of nitrogens with one attached hydrogen (secondary N) is 1. The van der Waals surface area contributed by atoms with Gasteiger partial charge >= 0.3 is 6.18 Å². The first-order valence-electron chi connectivity index (χ1n) is 5.71. The number of halogens is 5. The monoisotopic (exact) mass is 361 g/mol. The van der Waals surface area contributed by atoms with Gasteiger partial charge in [-0.25, -0.2) is 4.39 Å². The lowest BCUT2D eigenvalue weighted by atomic mass is 10.1. The molecule has 0 aliphatic carbocycles. The molecule has 1 N–H and O–H groups in total. The van der Waals surface area contributed by atoms with E-state index in [-0.39, 0.29) is 15.7 Å². The predicted octanol–water partition coefficient (Wildman–Crippen LogP) is 4.86. The number of carbonyl (C=O) groups excluding carboxylic acids is 1. The van der Waals surface area contributed by atoms with Crippen molar-refractivity contribution in [3.63, 3.8) is 0 Å². The fraction of sp³-hybridized carbons (Fsp3) is 0.0714. The van der Waals surface area contributed by atoms with Crippen LogP contribution in [0.5, 0.6) is 0 Å². The van der Waals surface area contributed by atoms with Crippen molar-refractivity contribution in [2.24, 2.45) is 0 Å². The summed E-state index contributed by atoms with van der Waals surface area (Å²) in [5.41, 5.74) is -0.772. The molecule has 1 amide bonds. The molecule has 2 aromatic carbocycles. The van der Waals surface area contributed by atoms with Crippen LogP contribution in [0, 0.1) is 5.82 Å². The highest BCUT2D eigenvalue weighted by molar-refractivity contribution is 9.10. The number of amides is 1. The topological polar surface area (TPSA) is 29.1 Å². The van der Waals surface area contributed by atoms with Gasteiger partial charge in [-0.05, 0) is 52.3 Å². The largest absolute Gasteiger partial charge is 0.416 e. The van der Waals surface area contributed by atoms with Crippen LogP contribution in [0.4, 0.5) is 23.2 Å². The van der Waals surface area contributed by atoms with E-state index in [2.05, 4.69) is 21.2 Å². The van der Waals surface area contributed by atoms with E-state index in [4.69, 9.17) is 0 Å². The van der Waals surface area contributed by atoms with Gasteiger partial charge in [0.15, 0.2) is 0 Å². The van der Waals surface area contributed by atoms with E-state index in [0.717, 1.165) is 24.3 Å². The summed E-state index contributed by atoms with van der Waals surface area (Å²) in [4.78, 5) is 11.9. The summed E-state index contributed by atoms with van der Waals surface area (Å²) in [6, 6.07) is 7.82. The Kier molecular flexibility index (Phi) is 4.32. The molecule has 0 saturated carbocycles. The molecule has 2 rings (SSSR count). The Morgan fingerprint density at radius 1 is 1.10 bits per heavy atom. The summed E-state index contributed by atoms with van der Waals surface area (Å²) in [6.07, 6.45) is -4.52. The van der Waals surface area contributed by atoms with Crippen LogP contribution in [0.2, 0.25) is 0 Å². The second kappa shape index (κ2) is 5.85. The van der Waals surface area contributed by atoms with Crippen molar-refractivity contribution in [3.05, 3.63) is 63.9 Å². The maximum Gasteiger partial charge on any atom is 0.416 e. The van der Waals surface area contributed by atoms with Crippen LogP contribution in [0.1, 0.15) is 15.9 Å². The molecule has 0 radical (unpaired) electrons. The van der Waals surface area contributed by atoms with Crippen LogP contribution in [-0.2, 0) is 6.18 Å². The predicted molar refractivity (Wildman–Crippen MR) is 73.5 cm³/mol. The lowest BCUT2D eigenvalue weighted by molar-refractivity contribution is -0.137. The van der Waals surface area contributed by atoms with Crippen molar-refractivity contribution in [1.29, 1.82) is 0 Å². The Balaban J connectivity index is 2.22. The number of anilines is 1. The molecule has 0 aliphatic rings. The molecule has 110 valence electrons. The van der Waals surface area contributed by atoms with Gasteiger partial charge in [-0.15, -0.1) is 0 Å². The zero-order valence-electron chi connectivity index (χ0n) is 10.3. The first-order valence-corrected chi connectivity index (χ1v) is 6.50. The van der Waals surface area contributed by atoms with Gasteiger partial charge in [0.2, 0.25) is 0 Å². The number of hydrogen-bond donors (Lipinski definition) is 1. The van der Waals surface area contributed by atoms with Gasteiger partial charge in [-0.1, -0.05) is 6.07 Å². The highest BCUT2D eigenvalue weighted by Crippen LogP contribution is 2.29. The van der Waals surface area contributed by atoms with Crippen LogP contribution in [0.3, 0.4) is 0 Å². The molecule has 2 nitrogen and oxygen atoms in total. The van der Waals surface area contributed by atoms with E-state index in [1.54, 1.807) is 0 Å². The van der Waals surface area contributed by atoms with E-state index < -0.39 is 23.5 Å². The molecule has 0 atom stereocenters. The zero-order valence-corrected chi connectivity index (χ0v) is 11.9. The lowest BCUT2D eigenvalue weighted by Crippen LogP contribution is -2.14. The first kappa shape index (κ1) is 15.5. The number of carbonyl (C=O) groups is 1. The molecular formula is C14H8BrF4NO. The van der Waals surface area contributed by atoms with E-state index in [1.807, 2.05) is 0 Å². The third-order valence-electron chi connectivity index (χ3n) is 2.63. The summed E-state index contributed by atoms with van der Waals surface area (Å²) >= 11 is 2.95.